The molecule has 0 atom stereocenters. The van der Waals surface area contributed by atoms with Gasteiger partial charge >= 0.3 is 6.18 Å². The number of carbonyl (C=O) groups is 2. The van der Waals surface area contributed by atoms with Crippen molar-refractivity contribution < 1.29 is 28.0 Å². The predicted octanol–water partition coefficient (Wildman–Crippen LogP) is 2.37. The summed E-state index contributed by atoms with van der Waals surface area (Å²) >= 11 is 0. The molecule has 0 aliphatic heterocycles. The van der Waals surface area contributed by atoms with Crippen molar-refractivity contribution in [2.24, 2.45) is 0 Å². The number of amides is 2. The van der Waals surface area contributed by atoms with Gasteiger partial charge in [0.05, 0.1) is 5.56 Å². The number of benzene rings is 1. The number of carbonyl (C=O) groups excluding carboxylic acids is 2. The highest BCUT2D eigenvalue weighted by atomic mass is 19.4. The largest absolute Gasteiger partial charge is 0.416 e. The first kappa shape index (κ1) is 16.0. The van der Waals surface area contributed by atoms with Crippen LogP contribution < -0.4 is 5.43 Å². The SMILES string of the molecule is CCCC(=O)N(O)NC(=O)c1ccc(C(F)(F)F)cc1. The Kier molecular flexibility index (Phi) is 5.09. The number of hydrogen-bond acceptors (Lipinski definition) is 3. The van der Waals surface area contributed by atoms with E-state index < -0.39 is 23.6 Å². The van der Waals surface area contributed by atoms with Gasteiger partial charge in [0.15, 0.2) is 0 Å². The van der Waals surface area contributed by atoms with Crippen LogP contribution >= 0.6 is 0 Å². The highest BCUT2D eigenvalue weighted by Crippen LogP contribution is 2.29. The van der Waals surface area contributed by atoms with Crippen LogP contribution in [-0.4, -0.2) is 22.2 Å². The molecule has 0 heterocycles. The van der Waals surface area contributed by atoms with Crippen LogP contribution in [0.4, 0.5) is 13.2 Å². The number of halogens is 3. The molecule has 20 heavy (non-hydrogen) atoms. The monoisotopic (exact) mass is 290 g/mol. The highest BCUT2D eigenvalue weighted by molar-refractivity contribution is 5.95. The zero-order valence-electron chi connectivity index (χ0n) is 10.6. The Morgan fingerprint density at radius 1 is 1.25 bits per heavy atom. The van der Waals surface area contributed by atoms with Gasteiger partial charge in [0.25, 0.3) is 11.8 Å². The Hall–Kier alpha value is -2.09. The lowest BCUT2D eigenvalue weighted by Crippen LogP contribution is -2.43. The molecule has 0 saturated carbocycles. The minimum absolute atomic E-state index is 0.0313. The standard InChI is InChI=1S/C12H13F3N2O3/c1-2-3-10(18)17(20)16-11(19)8-4-6-9(7-5-8)12(13,14)15/h4-7,20H,2-3H2,1H3,(H,16,19). The maximum atomic E-state index is 12.3. The van der Waals surface area contributed by atoms with Gasteiger partial charge in [0.2, 0.25) is 0 Å². The molecular weight excluding hydrogens is 277 g/mol. The highest BCUT2D eigenvalue weighted by Gasteiger charge is 2.30. The van der Waals surface area contributed by atoms with Gasteiger partial charge in [-0.1, -0.05) is 6.92 Å². The first-order valence-corrected chi connectivity index (χ1v) is 5.75. The normalized spacial score (nSPS) is 11.1. The van der Waals surface area contributed by atoms with Crippen LogP contribution in [0.5, 0.6) is 0 Å². The zero-order chi connectivity index (χ0) is 15.3. The molecule has 1 aromatic rings. The van der Waals surface area contributed by atoms with Gasteiger partial charge in [-0.3, -0.25) is 14.8 Å². The lowest BCUT2D eigenvalue weighted by atomic mass is 10.1. The van der Waals surface area contributed by atoms with Crippen LogP contribution in [0, 0.1) is 0 Å². The summed E-state index contributed by atoms with van der Waals surface area (Å²) in [5, 5.41) is 9.27. The maximum Gasteiger partial charge on any atom is 0.416 e. The van der Waals surface area contributed by atoms with Gasteiger partial charge in [-0.05, 0) is 30.7 Å². The van der Waals surface area contributed by atoms with Gasteiger partial charge in [0.1, 0.15) is 0 Å². The molecule has 110 valence electrons. The molecule has 0 radical (unpaired) electrons. The Morgan fingerprint density at radius 2 is 1.80 bits per heavy atom. The number of alkyl halides is 3. The summed E-state index contributed by atoms with van der Waals surface area (Å²) in [6.45, 7) is 1.71. The molecule has 0 aliphatic rings. The van der Waals surface area contributed by atoms with E-state index in [0.29, 0.717) is 6.42 Å². The summed E-state index contributed by atoms with van der Waals surface area (Å²) in [4.78, 5) is 22.8. The minimum atomic E-state index is -4.49. The van der Waals surface area contributed by atoms with Crippen molar-refractivity contribution in [3.63, 3.8) is 0 Å². The summed E-state index contributed by atoms with van der Waals surface area (Å²) in [6, 6.07) is 3.39. The molecule has 8 heteroatoms. The zero-order valence-corrected chi connectivity index (χ0v) is 10.6. The van der Waals surface area contributed by atoms with Gasteiger partial charge in [-0.15, -0.1) is 5.17 Å². The van der Waals surface area contributed by atoms with E-state index in [1.165, 1.54) is 0 Å². The first-order chi connectivity index (χ1) is 9.25. The number of hydroxylamine groups is 1. The van der Waals surface area contributed by atoms with Crippen LogP contribution in [0.1, 0.15) is 35.7 Å². The third kappa shape index (κ3) is 4.23. The molecule has 0 unspecified atom stereocenters. The smallest absolute Gasteiger partial charge is 0.271 e. The number of hydrazine groups is 1. The predicted molar refractivity (Wildman–Crippen MR) is 62.5 cm³/mol. The molecule has 2 amide bonds. The molecule has 1 aromatic carbocycles. The lowest BCUT2D eigenvalue weighted by Gasteiger charge is -2.15. The summed E-state index contributed by atoms with van der Waals surface area (Å²) in [7, 11) is 0. The first-order valence-electron chi connectivity index (χ1n) is 5.75. The van der Waals surface area contributed by atoms with Gasteiger partial charge in [0, 0.05) is 12.0 Å². The second-order valence-corrected chi connectivity index (χ2v) is 3.97. The van der Waals surface area contributed by atoms with Crippen molar-refractivity contribution in [3.05, 3.63) is 35.4 Å². The van der Waals surface area contributed by atoms with Crippen molar-refractivity contribution in [1.82, 2.24) is 10.6 Å². The fraction of sp³-hybridized carbons (Fsp3) is 0.333. The molecule has 0 spiro atoms. The lowest BCUT2D eigenvalue weighted by molar-refractivity contribution is -0.175. The van der Waals surface area contributed by atoms with Crippen LogP contribution in [0.15, 0.2) is 24.3 Å². The molecule has 0 aromatic heterocycles. The van der Waals surface area contributed by atoms with Gasteiger partial charge in [-0.2, -0.15) is 13.2 Å². The molecule has 2 N–H and O–H groups in total. The molecular formula is C12H13F3N2O3. The second-order valence-electron chi connectivity index (χ2n) is 3.97. The Morgan fingerprint density at radius 3 is 2.25 bits per heavy atom. The van der Waals surface area contributed by atoms with E-state index in [1.54, 1.807) is 6.92 Å². The average Bonchev–Trinajstić information content (AvgIpc) is 2.38. The van der Waals surface area contributed by atoms with E-state index in [-0.39, 0.29) is 17.2 Å². The number of hydrogen-bond donors (Lipinski definition) is 2. The third-order valence-electron chi connectivity index (χ3n) is 2.38. The van der Waals surface area contributed by atoms with E-state index in [4.69, 9.17) is 0 Å². The van der Waals surface area contributed by atoms with E-state index in [2.05, 4.69) is 0 Å². The minimum Gasteiger partial charge on any atom is -0.271 e. The number of nitrogens with one attached hydrogen (secondary N) is 1. The van der Waals surface area contributed by atoms with Crippen LogP contribution in [0.2, 0.25) is 0 Å². The van der Waals surface area contributed by atoms with Crippen molar-refractivity contribution in [3.8, 4) is 0 Å². The van der Waals surface area contributed by atoms with E-state index in [1.807, 2.05) is 5.43 Å². The van der Waals surface area contributed by atoms with Crippen LogP contribution in [0.3, 0.4) is 0 Å². The molecule has 1 rings (SSSR count). The van der Waals surface area contributed by atoms with Crippen molar-refractivity contribution in [2.75, 3.05) is 0 Å². The summed E-state index contributed by atoms with van der Waals surface area (Å²) in [5.41, 5.74) is 0.857. The van der Waals surface area contributed by atoms with Crippen LogP contribution in [0.25, 0.3) is 0 Å². The van der Waals surface area contributed by atoms with Crippen molar-refractivity contribution in [1.29, 1.82) is 0 Å². The summed E-state index contributed by atoms with van der Waals surface area (Å²) in [6.07, 6.45) is -3.98. The van der Waals surface area contributed by atoms with E-state index in [9.17, 15) is 28.0 Å². The molecule has 0 saturated heterocycles. The Labute approximate surface area is 112 Å². The van der Waals surface area contributed by atoms with Crippen LogP contribution in [-0.2, 0) is 11.0 Å². The number of nitrogens with zero attached hydrogens (tertiary/aromatic N) is 1. The average molecular weight is 290 g/mol. The fourth-order valence-corrected chi connectivity index (χ4v) is 1.35. The molecule has 5 nitrogen and oxygen atoms in total. The molecule has 0 bridgehead atoms. The van der Waals surface area contributed by atoms with E-state index >= 15 is 0 Å². The maximum absolute atomic E-state index is 12.3. The quantitative estimate of drug-likeness (QED) is 0.663. The van der Waals surface area contributed by atoms with Gasteiger partial charge < -0.3 is 0 Å². The summed E-state index contributed by atoms with van der Waals surface area (Å²) < 4.78 is 37.0. The Bertz CT molecular complexity index is 486. The summed E-state index contributed by atoms with van der Waals surface area (Å²) in [5.74, 6) is -1.60. The Balaban J connectivity index is 2.71. The van der Waals surface area contributed by atoms with E-state index in [0.717, 1.165) is 24.3 Å². The second kappa shape index (κ2) is 6.38. The molecule has 0 aliphatic carbocycles. The topological polar surface area (TPSA) is 69.6 Å². The van der Waals surface area contributed by atoms with Crippen molar-refractivity contribution >= 4 is 11.8 Å². The van der Waals surface area contributed by atoms with Gasteiger partial charge in [-0.25, -0.2) is 5.43 Å². The van der Waals surface area contributed by atoms with Crippen molar-refractivity contribution in [2.45, 2.75) is 25.9 Å². The number of rotatable bonds is 3. The third-order valence-corrected chi connectivity index (χ3v) is 2.38. The molecule has 0 fully saturated rings. The fourth-order valence-electron chi connectivity index (χ4n) is 1.35.